The van der Waals surface area contributed by atoms with Crippen molar-refractivity contribution in [2.45, 2.75) is 321 Å². The van der Waals surface area contributed by atoms with Crippen LogP contribution in [0, 0.1) is 47.3 Å². The van der Waals surface area contributed by atoms with Crippen molar-refractivity contribution in [2.75, 3.05) is 26.2 Å². The minimum absolute atomic E-state index is 0.0613. The van der Waals surface area contributed by atoms with E-state index in [0.717, 1.165) is 83.5 Å². The molecule has 0 aliphatic heterocycles. The Morgan fingerprint density at radius 1 is 0.329 bits per heavy atom. The first kappa shape index (κ1) is 118. The Hall–Kier alpha value is -10.5. The van der Waals surface area contributed by atoms with Gasteiger partial charge in [0.2, 0.25) is 23.6 Å². The lowest BCUT2D eigenvalue weighted by Crippen LogP contribution is -2.25. The average molecular weight is 1930 g/mol. The summed E-state index contributed by atoms with van der Waals surface area (Å²) in [6.45, 7) is 15.3. The molecule has 20 atom stereocenters. The SMILES string of the molecule is CCCC(=O)O[C@@H]1C[C@H](O)[C@H](C/C=C\CCCC(=O)NCC)[C@H]1/C=C/[C@@H](O)CCc1ccccc1.CCNC(=O)CCC/C=C\C[C@@H]1[C@@H](/C=C/[C@@H](O)CCc2ccccc2)[C@H](OC(=O)CC)C[C@@H]1O.CCNC(=O)CCC/C=C\C[C@@H]1[C@@H](/C=C/[C@@H](O)CCc2ccccc2)[C@H](OC(=O)c2ccccc2)C[C@@H]1O.CCNC(=O)CCC/C=C\C[C@@H]1[C@@H](/C=C/[C@@H](O)CCc2ccccc2)[C@H](OC(C)=O)C[C@@H]1O. The van der Waals surface area contributed by atoms with Crippen molar-refractivity contribution in [1.29, 1.82) is 0 Å². The zero-order valence-electron chi connectivity index (χ0n) is 83.9. The predicted molar refractivity (Wildman–Crippen MR) is 551 cm³/mol. The fourth-order valence-corrected chi connectivity index (χ4v) is 18.3. The molecule has 4 saturated carbocycles. The molecule has 0 spiro atoms. The van der Waals surface area contributed by atoms with Gasteiger partial charge in [-0.3, -0.25) is 33.6 Å². The summed E-state index contributed by atoms with van der Waals surface area (Å²) in [5.74, 6) is -2.12. The van der Waals surface area contributed by atoms with Crippen LogP contribution in [0.1, 0.15) is 254 Å². The number of unbranched alkanes of at least 4 members (excludes halogenated alkanes) is 4. The number of hydrogen-bond acceptors (Lipinski definition) is 20. The number of aliphatic hydroxyl groups excluding tert-OH is 8. The van der Waals surface area contributed by atoms with Gasteiger partial charge in [0.25, 0.3) is 0 Å². The number of rotatable bonds is 56. The fourth-order valence-electron chi connectivity index (χ4n) is 18.3. The van der Waals surface area contributed by atoms with Gasteiger partial charge in [-0.2, -0.15) is 0 Å². The Morgan fingerprint density at radius 2 is 0.579 bits per heavy atom. The molecule has 768 valence electrons. The quantitative estimate of drug-likeness (QED) is 0.00744. The Kier molecular flexibility index (Phi) is 59.2. The van der Waals surface area contributed by atoms with E-state index in [0.29, 0.717) is 147 Å². The Labute approximate surface area is 833 Å². The van der Waals surface area contributed by atoms with Crippen LogP contribution in [0.15, 0.2) is 249 Å². The third-order valence-corrected chi connectivity index (χ3v) is 25.9. The normalized spacial score (nSPS) is 23.1. The molecule has 24 nitrogen and oxygen atoms in total. The third-order valence-electron chi connectivity index (χ3n) is 25.9. The molecule has 5 aromatic rings. The molecule has 0 aromatic heterocycles. The number of aryl methyl sites for hydroxylation is 4. The second-order valence-corrected chi connectivity index (χ2v) is 36.9. The summed E-state index contributed by atoms with van der Waals surface area (Å²) in [6, 6.07) is 49.0. The summed E-state index contributed by atoms with van der Waals surface area (Å²) < 4.78 is 22.7. The standard InChI is InChI=1S/C32H41NO5.C29H43NO5.C28H41NO5.C27H39NO5/c1-2-33-31(36)18-12-4-3-11-17-27-28(22-21-26(34)20-19-24-13-7-5-8-14-24)30(23-29(27)35)38-32(37)25-15-9-6-10-16-25;1-3-12-29(34)35-27-21-26(32)24(15-10-5-6-11-16-28(33)30-4-2)25(27)20-19-23(31)18-17-22-13-8-7-9-14-22;1-3-28(33)34-26-20-25(31)23(14-10-5-6-11-15-27(32)29-4-2)24(26)19-18-22(30)17-16-21-12-8-7-9-13-21;1-3-28-27(32)14-10-5-4-9-13-23-24(26(19-25(23)31)33-20(2)29)18-17-22(30)16-15-21-11-7-6-8-12-21/h3,5-11,13-16,21-22,26-30,34-35H,2,4,12,17-20,23H2,1H3,(H,33,36);5,7-10,13-14,19-20,23-27,31-32H,3-4,6,11-12,15-18,21H2,1-2H3,(H,30,33);5,7-10,12-13,18-19,22-26,30-31H,3-4,6,11,14-17,20H2,1-2H3,(H,29,32);4,6-9,11-12,17-18,22-26,30-31H,3,5,10,13-16,19H2,1-2H3,(H,28,32)/b11-3-,22-21+;10-5-,20-19+;10-5-,19-18+;9-4-,18-17+/t26-,27+,28+,29-,30+;23-,24+,25+,26-,27+;2*22-,23+,24+,25-,26+/m0000/s1. The molecule has 4 fully saturated rings. The maximum absolute atomic E-state index is 12.8. The Balaban J connectivity index is 0.000000286. The Bertz CT molecular complexity index is 4540. The van der Waals surface area contributed by atoms with E-state index in [1.807, 2.05) is 223 Å². The molecule has 0 bridgehead atoms. The van der Waals surface area contributed by atoms with Gasteiger partial charge < -0.3 is 81.1 Å². The highest BCUT2D eigenvalue weighted by Crippen LogP contribution is 2.43. The fraction of sp³-hybridized carbons (Fsp3) is 0.534. The third kappa shape index (κ3) is 47.8. The molecule has 24 heteroatoms. The van der Waals surface area contributed by atoms with E-state index in [-0.39, 0.29) is 88.9 Å². The van der Waals surface area contributed by atoms with Gasteiger partial charge in [0, 0.05) is 121 Å². The number of nitrogens with one attached hydrogen (secondary N) is 4. The summed E-state index contributed by atoms with van der Waals surface area (Å²) in [5, 5.41) is 96.2. The zero-order chi connectivity index (χ0) is 101. The lowest BCUT2D eigenvalue weighted by Gasteiger charge is -2.22. The minimum atomic E-state index is -0.635. The second kappa shape index (κ2) is 70.2. The lowest BCUT2D eigenvalue weighted by molar-refractivity contribution is -0.151. The molecule has 4 aliphatic carbocycles. The molecule has 5 aromatic carbocycles. The molecule has 9 rings (SSSR count). The summed E-state index contributed by atoms with van der Waals surface area (Å²) in [4.78, 5) is 94.7. The van der Waals surface area contributed by atoms with Crippen molar-refractivity contribution in [3.05, 3.63) is 277 Å². The number of benzene rings is 5. The Morgan fingerprint density at radius 3 is 0.829 bits per heavy atom. The molecule has 12 N–H and O–H groups in total. The van der Waals surface area contributed by atoms with Crippen LogP contribution in [-0.2, 0) is 78.2 Å². The maximum Gasteiger partial charge on any atom is 0.338 e. The van der Waals surface area contributed by atoms with E-state index in [1.54, 1.807) is 55.5 Å². The molecule has 0 saturated heterocycles. The summed E-state index contributed by atoms with van der Waals surface area (Å²) in [7, 11) is 0. The molecule has 0 unspecified atom stereocenters. The molecule has 0 radical (unpaired) electrons. The van der Waals surface area contributed by atoms with E-state index >= 15 is 0 Å². The van der Waals surface area contributed by atoms with Crippen molar-refractivity contribution in [2.24, 2.45) is 47.3 Å². The minimum Gasteiger partial charge on any atom is -0.462 e. The number of carbonyl (C=O) groups excluding carboxylic acids is 8. The van der Waals surface area contributed by atoms with Gasteiger partial charge in [-0.15, -0.1) is 0 Å². The van der Waals surface area contributed by atoms with Gasteiger partial charge >= 0.3 is 23.9 Å². The average Bonchev–Trinajstić information content (AvgIpc) is 1.69. The van der Waals surface area contributed by atoms with Crippen LogP contribution in [-0.4, -0.2) is 188 Å². The van der Waals surface area contributed by atoms with Crippen LogP contribution >= 0.6 is 0 Å². The summed E-state index contributed by atoms with van der Waals surface area (Å²) in [5.41, 5.74) is 5.17. The maximum atomic E-state index is 12.8. The number of ether oxygens (including phenoxy) is 4. The zero-order valence-corrected chi connectivity index (χ0v) is 83.9. The molecule has 0 heterocycles. The van der Waals surface area contributed by atoms with Crippen LogP contribution in [0.5, 0.6) is 0 Å². The number of aliphatic hydroxyl groups is 8. The highest BCUT2D eigenvalue weighted by molar-refractivity contribution is 5.89. The van der Waals surface area contributed by atoms with Gasteiger partial charge in [0.15, 0.2) is 0 Å². The van der Waals surface area contributed by atoms with E-state index in [4.69, 9.17) is 18.9 Å². The summed E-state index contributed by atoms with van der Waals surface area (Å²) >= 11 is 0. The van der Waals surface area contributed by atoms with Crippen LogP contribution in [0.25, 0.3) is 0 Å². The van der Waals surface area contributed by atoms with Gasteiger partial charge in [-0.1, -0.05) is 251 Å². The van der Waals surface area contributed by atoms with Crippen molar-refractivity contribution in [3.8, 4) is 0 Å². The number of allylic oxidation sites excluding steroid dienone is 8. The number of esters is 4. The van der Waals surface area contributed by atoms with E-state index in [2.05, 4.69) is 33.4 Å². The first-order chi connectivity index (χ1) is 67.8. The van der Waals surface area contributed by atoms with Gasteiger partial charge in [-0.25, -0.2) is 4.79 Å². The van der Waals surface area contributed by atoms with E-state index in [1.165, 1.54) is 29.2 Å². The number of amides is 4. The highest BCUT2D eigenvalue weighted by Gasteiger charge is 2.46. The van der Waals surface area contributed by atoms with Crippen LogP contribution in [0.2, 0.25) is 0 Å². The number of carbonyl (C=O) groups is 8. The van der Waals surface area contributed by atoms with Gasteiger partial charge in [0.05, 0.1) is 54.4 Å². The van der Waals surface area contributed by atoms with Gasteiger partial charge in [-0.05, 0) is 221 Å². The second-order valence-electron chi connectivity index (χ2n) is 36.9. The van der Waals surface area contributed by atoms with E-state index in [9.17, 15) is 79.2 Å². The number of hydrogen-bond donors (Lipinski definition) is 12. The lowest BCUT2D eigenvalue weighted by atomic mass is 9.89. The monoisotopic (exact) mass is 1930 g/mol. The topological polar surface area (TPSA) is 383 Å². The van der Waals surface area contributed by atoms with Crippen molar-refractivity contribution < 1.29 is 98.2 Å². The largest absolute Gasteiger partial charge is 0.462 e. The molecular weight excluding hydrogens is 1770 g/mol. The van der Waals surface area contributed by atoms with E-state index < -0.39 is 79.2 Å². The first-order valence-corrected chi connectivity index (χ1v) is 51.6. The molecule has 4 aliphatic rings. The molecule has 140 heavy (non-hydrogen) atoms. The van der Waals surface area contributed by atoms with Crippen molar-refractivity contribution >= 4 is 47.5 Å². The van der Waals surface area contributed by atoms with Crippen LogP contribution in [0.3, 0.4) is 0 Å². The van der Waals surface area contributed by atoms with Crippen LogP contribution in [0.4, 0.5) is 0 Å². The smallest absolute Gasteiger partial charge is 0.338 e. The predicted octanol–water partition coefficient (Wildman–Crippen LogP) is 17.3. The van der Waals surface area contributed by atoms with Crippen molar-refractivity contribution in [3.63, 3.8) is 0 Å². The van der Waals surface area contributed by atoms with Crippen molar-refractivity contribution in [1.82, 2.24) is 21.3 Å². The molecular formula is C116H164N4O20. The first-order valence-electron chi connectivity index (χ1n) is 51.6. The molecule has 4 amide bonds. The van der Waals surface area contributed by atoms with Crippen LogP contribution < -0.4 is 21.3 Å². The summed E-state index contributed by atoms with van der Waals surface area (Å²) in [6.07, 6.45) is 43.9. The van der Waals surface area contributed by atoms with Gasteiger partial charge in [0.1, 0.15) is 24.4 Å². The highest BCUT2D eigenvalue weighted by atomic mass is 16.6.